The molecule has 0 spiro atoms. The number of nitrogens with zero attached hydrogens (tertiary/aromatic N) is 3. The number of rotatable bonds is 7. The smallest absolute Gasteiger partial charge is 0.238 e. The molecule has 0 aliphatic rings. The summed E-state index contributed by atoms with van der Waals surface area (Å²) in [6.07, 6.45) is 1.46. The SMILES string of the molecule is CCc1nnc(S[C@H](CC)C(=O)Nc2ccccc2OC)c2cc3sc(C)cc3n12. The Morgan fingerprint density at radius 2 is 2.03 bits per heavy atom. The molecule has 156 valence electrons. The Hall–Kier alpha value is -2.58. The Labute approximate surface area is 183 Å². The molecule has 0 aliphatic carbocycles. The first-order valence-corrected chi connectivity index (χ1v) is 11.6. The number of amides is 1. The lowest BCUT2D eigenvalue weighted by Crippen LogP contribution is -2.25. The van der Waals surface area contributed by atoms with Gasteiger partial charge in [-0.25, -0.2) is 0 Å². The number of thioether (sulfide) groups is 1. The van der Waals surface area contributed by atoms with Gasteiger partial charge in [-0.15, -0.1) is 21.5 Å². The van der Waals surface area contributed by atoms with Crippen LogP contribution in [0.2, 0.25) is 0 Å². The second-order valence-corrected chi connectivity index (χ2v) is 9.43. The summed E-state index contributed by atoms with van der Waals surface area (Å²) in [5, 5.41) is 12.4. The highest BCUT2D eigenvalue weighted by Crippen LogP contribution is 2.35. The fourth-order valence-corrected chi connectivity index (χ4v) is 5.38. The average Bonchev–Trinajstić information content (AvgIpc) is 3.28. The van der Waals surface area contributed by atoms with E-state index >= 15 is 0 Å². The quantitative estimate of drug-likeness (QED) is 0.393. The van der Waals surface area contributed by atoms with Crippen molar-refractivity contribution in [3.05, 3.63) is 47.1 Å². The van der Waals surface area contributed by atoms with Crippen molar-refractivity contribution >= 4 is 50.4 Å². The van der Waals surface area contributed by atoms with Crippen molar-refractivity contribution in [2.75, 3.05) is 12.4 Å². The van der Waals surface area contributed by atoms with Gasteiger partial charge < -0.3 is 10.1 Å². The Kier molecular flexibility index (Phi) is 5.97. The van der Waals surface area contributed by atoms with E-state index in [1.54, 1.807) is 18.4 Å². The molecule has 1 amide bonds. The number of carbonyl (C=O) groups excluding carboxylic acids is 1. The van der Waals surface area contributed by atoms with Crippen molar-refractivity contribution in [3.8, 4) is 5.75 Å². The third-order valence-electron chi connectivity index (χ3n) is 4.94. The minimum absolute atomic E-state index is 0.0734. The molecule has 0 aliphatic heterocycles. The number of para-hydroxylation sites is 2. The van der Waals surface area contributed by atoms with Gasteiger partial charge >= 0.3 is 0 Å². The maximum atomic E-state index is 13.0. The summed E-state index contributed by atoms with van der Waals surface area (Å²) in [4.78, 5) is 14.3. The van der Waals surface area contributed by atoms with Crippen LogP contribution in [0, 0.1) is 6.92 Å². The molecule has 0 bridgehead atoms. The van der Waals surface area contributed by atoms with Crippen LogP contribution in [-0.2, 0) is 11.2 Å². The zero-order valence-electron chi connectivity index (χ0n) is 17.4. The third kappa shape index (κ3) is 3.77. The highest BCUT2D eigenvalue weighted by atomic mass is 32.2. The molecule has 0 saturated carbocycles. The number of hydrogen-bond acceptors (Lipinski definition) is 6. The van der Waals surface area contributed by atoms with E-state index in [2.05, 4.69) is 45.9 Å². The monoisotopic (exact) mass is 440 g/mol. The largest absolute Gasteiger partial charge is 0.495 e. The van der Waals surface area contributed by atoms with E-state index in [1.165, 1.54) is 21.3 Å². The summed E-state index contributed by atoms with van der Waals surface area (Å²) in [6, 6.07) is 11.8. The van der Waals surface area contributed by atoms with Gasteiger partial charge in [-0.05, 0) is 37.6 Å². The highest BCUT2D eigenvalue weighted by Gasteiger charge is 2.23. The van der Waals surface area contributed by atoms with Gasteiger partial charge in [-0.2, -0.15) is 0 Å². The number of fused-ring (bicyclic) bond motifs is 3. The van der Waals surface area contributed by atoms with Crippen molar-refractivity contribution in [3.63, 3.8) is 0 Å². The van der Waals surface area contributed by atoms with Crippen molar-refractivity contribution in [1.82, 2.24) is 14.6 Å². The lowest BCUT2D eigenvalue weighted by molar-refractivity contribution is -0.115. The summed E-state index contributed by atoms with van der Waals surface area (Å²) in [5.41, 5.74) is 2.84. The zero-order valence-corrected chi connectivity index (χ0v) is 19.1. The Morgan fingerprint density at radius 3 is 2.77 bits per heavy atom. The molecule has 3 heterocycles. The van der Waals surface area contributed by atoms with Gasteiger partial charge in [0.05, 0.1) is 33.8 Å². The van der Waals surface area contributed by atoms with Crippen molar-refractivity contribution in [1.29, 1.82) is 0 Å². The molecule has 4 rings (SSSR count). The highest BCUT2D eigenvalue weighted by molar-refractivity contribution is 8.00. The lowest BCUT2D eigenvalue weighted by Gasteiger charge is -2.16. The Balaban J connectivity index is 1.66. The standard InChI is InChI=1S/C22H24N4O2S2/c1-5-18(21(27)23-14-9-7-8-10-17(14)28-4)30-22-16-12-19-15(11-13(3)29-19)26(16)20(6-2)24-25-22/h7-12,18H,5-6H2,1-4H3,(H,23,27)/t18-/m1/s1. The number of aryl methyl sites for hydroxylation is 2. The van der Waals surface area contributed by atoms with Gasteiger partial charge in [-0.1, -0.05) is 37.7 Å². The molecule has 3 aromatic heterocycles. The molecule has 0 saturated heterocycles. The van der Waals surface area contributed by atoms with E-state index < -0.39 is 0 Å². The molecule has 8 heteroatoms. The van der Waals surface area contributed by atoms with Crippen LogP contribution in [0.4, 0.5) is 5.69 Å². The maximum absolute atomic E-state index is 13.0. The van der Waals surface area contributed by atoms with Crippen LogP contribution in [0.15, 0.2) is 41.4 Å². The third-order valence-corrected chi connectivity index (χ3v) is 7.28. The van der Waals surface area contributed by atoms with E-state index in [9.17, 15) is 4.79 Å². The molecule has 6 nitrogen and oxygen atoms in total. The van der Waals surface area contributed by atoms with Crippen LogP contribution in [-0.4, -0.2) is 32.9 Å². The van der Waals surface area contributed by atoms with Crippen LogP contribution < -0.4 is 10.1 Å². The molecule has 1 N–H and O–H groups in total. The number of aromatic nitrogens is 3. The number of benzene rings is 1. The molecule has 1 aromatic carbocycles. The van der Waals surface area contributed by atoms with Gasteiger partial charge in [0, 0.05) is 11.3 Å². The minimum Gasteiger partial charge on any atom is -0.495 e. The predicted octanol–water partition coefficient (Wildman–Crippen LogP) is 5.33. The molecular formula is C22H24N4O2S2. The molecule has 0 radical (unpaired) electrons. The number of carbonyl (C=O) groups is 1. The average molecular weight is 441 g/mol. The molecule has 0 unspecified atom stereocenters. The molecule has 4 aromatic rings. The Bertz CT molecular complexity index is 1210. The fourth-order valence-electron chi connectivity index (χ4n) is 3.48. The van der Waals surface area contributed by atoms with E-state index in [4.69, 9.17) is 4.74 Å². The topological polar surface area (TPSA) is 68.5 Å². The van der Waals surface area contributed by atoms with E-state index in [1.807, 2.05) is 31.2 Å². The first kappa shape index (κ1) is 20.7. The van der Waals surface area contributed by atoms with E-state index in [-0.39, 0.29) is 11.2 Å². The first-order valence-electron chi connectivity index (χ1n) is 9.93. The van der Waals surface area contributed by atoms with Crippen LogP contribution in [0.3, 0.4) is 0 Å². The van der Waals surface area contributed by atoms with Gasteiger partial charge in [0.1, 0.15) is 16.6 Å². The van der Waals surface area contributed by atoms with Crippen LogP contribution in [0.1, 0.15) is 31.0 Å². The predicted molar refractivity (Wildman–Crippen MR) is 124 cm³/mol. The van der Waals surface area contributed by atoms with Crippen molar-refractivity contribution < 1.29 is 9.53 Å². The summed E-state index contributed by atoms with van der Waals surface area (Å²) >= 11 is 3.22. The first-order chi connectivity index (χ1) is 14.5. The maximum Gasteiger partial charge on any atom is 0.238 e. The number of thiophene rings is 1. The van der Waals surface area contributed by atoms with Crippen LogP contribution >= 0.6 is 23.1 Å². The Morgan fingerprint density at radius 1 is 1.23 bits per heavy atom. The molecular weight excluding hydrogens is 416 g/mol. The van der Waals surface area contributed by atoms with Gasteiger partial charge in [0.2, 0.25) is 5.91 Å². The van der Waals surface area contributed by atoms with Crippen LogP contribution in [0.25, 0.3) is 15.7 Å². The van der Waals surface area contributed by atoms with Crippen molar-refractivity contribution in [2.24, 2.45) is 0 Å². The zero-order chi connectivity index (χ0) is 21.3. The van der Waals surface area contributed by atoms with E-state index in [0.717, 1.165) is 28.3 Å². The second-order valence-electron chi connectivity index (χ2n) is 6.95. The number of methoxy groups -OCH3 is 1. The van der Waals surface area contributed by atoms with Gasteiger partial charge in [-0.3, -0.25) is 9.20 Å². The number of ether oxygens (including phenoxy) is 1. The second kappa shape index (κ2) is 8.65. The normalized spacial score (nSPS) is 12.4. The summed E-state index contributed by atoms with van der Waals surface area (Å²) in [6.45, 7) is 6.20. The number of anilines is 1. The number of nitrogens with one attached hydrogen (secondary N) is 1. The van der Waals surface area contributed by atoms with Crippen LogP contribution in [0.5, 0.6) is 5.75 Å². The summed E-state index contributed by atoms with van der Waals surface area (Å²) in [7, 11) is 1.60. The molecule has 30 heavy (non-hydrogen) atoms. The molecule has 0 fully saturated rings. The van der Waals surface area contributed by atoms with Crippen molar-refractivity contribution in [2.45, 2.75) is 43.9 Å². The van der Waals surface area contributed by atoms with E-state index in [0.29, 0.717) is 17.9 Å². The molecule has 1 atom stereocenters. The van der Waals surface area contributed by atoms with Gasteiger partial charge in [0.25, 0.3) is 0 Å². The minimum atomic E-state index is -0.296. The lowest BCUT2D eigenvalue weighted by atomic mass is 10.2. The number of hydrogen-bond donors (Lipinski definition) is 1. The fraction of sp³-hybridized carbons (Fsp3) is 0.318. The van der Waals surface area contributed by atoms with Gasteiger partial charge in [0.15, 0.2) is 0 Å². The summed E-state index contributed by atoms with van der Waals surface area (Å²) in [5.74, 6) is 1.49. The summed E-state index contributed by atoms with van der Waals surface area (Å²) < 4.78 is 8.74.